The average molecular weight is 289 g/mol. The molecule has 0 radical (unpaired) electrons. The molecule has 1 unspecified atom stereocenters. The summed E-state index contributed by atoms with van der Waals surface area (Å²) in [5, 5.41) is 0. The van der Waals surface area contributed by atoms with E-state index in [2.05, 4.69) is 19.1 Å². The van der Waals surface area contributed by atoms with Crippen molar-refractivity contribution in [3.8, 4) is 0 Å². The standard InChI is InChI=1S/C18H27NO2/c1-17(2,3)21-16(20)19-14-10-6-9-13-18(19,4)15-11-7-5-8-12-15/h5,7-8,11-12H,6,9-10,13-14H2,1-4H3. The first-order chi connectivity index (χ1) is 9.83. The van der Waals surface area contributed by atoms with Gasteiger partial charge in [0.25, 0.3) is 0 Å². The van der Waals surface area contributed by atoms with Crippen LogP contribution < -0.4 is 0 Å². The van der Waals surface area contributed by atoms with Gasteiger partial charge in [0, 0.05) is 6.54 Å². The van der Waals surface area contributed by atoms with E-state index in [9.17, 15) is 4.79 Å². The lowest BCUT2D eigenvalue weighted by molar-refractivity contribution is -0.000768. The predicted molar refractivity (Wildman–Crippen MR) is 85.2 cm³/mol. The van der Waals surface area contributed by atoms with Crippen LogP contribution in [0.15, 0.2) is 30.3 Å². The van der Waals surface area contributed by atoms with Crippen LogP contribution in [-0.2, 0) is 10.3 Å². The molecule has 1 aromatic rings. The number of hydrogen-bond acceptors (Lipinski definition) is 2. The predicted octanol–water partition coefficient (Wildman–Crippen LogP) is 4.71. The lowest BCUT2D eigenvalue weighted by Crippen LogP contribution is -2.49. The summed E-state index contributed by atoms with van der Waals surface area (Å²) in [6.07, 6.45) is 4.14. The first-order valence-corrected chi connectivity index (χ1v) is 7.89. The molecule has 0 bridgehead atoms. The quantitative estimate of drug-likeness (QED) is 0.749. The largest absolute Gasteiger partial charge is 0.444 e. The van der Waals surface area contributed by atoms with E-state index in [4.69, 9.17) is 4.74 Å². The lowest BCUT2D eigenvalue weighted by atomic mass is 9.86. The Bertz CT molecular complexity index is 478. The highest BCUT2D eigenvalue weighted by Crippen LogP contribution is 2.37. The minimum absolute atomic E-state index is 0.198. The topological polar surface area (TPSA) is 29.5 Å². The second-order valence-electron chi connectivity index (χ2n) is 7.08. The van der Waals surface area contributed by atoms with E-state index in [0.29, 0.717) is 0 Å². The maximum absolute atomic E-state index is 12.7. The molecule has 3 nitrogen and oxygen atoms in total. The smallest absolute Gasteiger partial charge is 0.411 e. The van der Waals surface area contributed by atoms with Crippen molar-refractivity contribution in [2.24, 2.45) is 0 Å². The molecule has 1 saturated heterocycles. The van der Waals surface area contributed by atoms with Gasteiger partial charge >= 0.3 is 6.09 Å². The van der Waals surface area contributed by atoms with Gasteiger partial charge in [0.2, 0.25) is 0 Å². The Hall–Kier alpha value is -1.51. The van der Waals surface area contributed by atoms with Gasteiger partial charge in [-0.15, -0.1) is 0 Å². The Morgan fingerprint density at radius 3 is 2.43 bits per heavy atom. The van der Waals surface area contributed by atoms with Crippen LogP contribution >= 0.6 is 0 Å². The SMILES string of the molecule is CC(C)(C)OC(=O)N1CCCCCC1(C)c1ccccc1. The molecular formula is C18H27NO2. The van der Waals surface area contributed by atoms with Gasteiger partial charge in [-0.25, -0.2) is 4.79 Å². The number of rotatable bonds is 1. The van der Waals surface area contributed by atoms with Crippen molar-refractivity contribution in [2.45, 2.75) is 64.5 Å². The van der Waals surface area contributed by atoms with Gasteiger partial charge in [-0.3, -0.25) is 4.90 Å². The second kappa shape index (κ2) is 6.08. The zero-order valence-corrected chi connectivity index (χ0v) is 13.7. The molecule has 1 heterocycles. The first-order valence-electron chi connectivity index (χ1n) is 7.89. The normalized spacial score (nSPS) is 23.5. The van der Waals surface area contributed by atoms with Crippen LogP contribution in [0.4, 0.5) is 4.79 Å². The summed E-state index contributed by atoms with van der Waals surface area (Å²) in [6, 6.07) is 10.3. The van der Waals surface area contributed by atoms with Gasteiger partial charge in [-0.2, -0.15) is 0 Å². The zero-order valence-electron chi connectivity index (χ0n) is 13.7. The Labute approximate surface area is 128 Å². The number of carbonyl (C=O) groups is 1. The van der Waals surface area contributed by atoms with E-state index in [1.807, 2.05) is 43.9 Å². The highest BCUT2D eigenvalue weighted by atomic mass is 16.6. The zero-order chi connectivity index (χ0) is 15.5. The molecule has 0 aliphatic carbocycles. The fourth-order valence-electron chi connectivity index (χ4n) is 3.00. The number of ether oxygens (including phenoxy) is 1. The highest BCUT2D eigenvalue weighted by molar-refractivity contribution is 5.69. The van der Waals surface area contributed by atoms with Gasteiger partial charge < -0.3 is 4.74 Å². The van der Waals surface area contributed by atoms with E-state index in [1.54, 1.807) is 0 Å². The van der Waals surface area contributed by atoms with Crippen LogP contribution in [0.25, 0.3) is 0 Å². The van der Waals surface area contributed by atoms with Crippen LogP contribution in [0, 0.1) is 0 Å². The summed E-state index contributed by atoms with van der Waals surface area (Å²) in [4.78, 5) is 14.6. The molecule has 0 saturated carbocycles. The van der Waals surface area contributed by atoms with Crippen molar-refractivity contribution in [1.29, 1.82) is 0 Å². The molecule has 1 aliphatic heterocycles. The van der Waals surface area contributed by atoms with Crippen LogP contribution in [-0.4, -0.2) is 23.1 Å². The fraction of sp³-hybridized carbons (Fsp3) is 0.611. The summed E-state index contributed by atoms with van der Waals surface area (Å²) in [6.45, 7) is 8.69. The van der Waals surface area contributed by atoms with Crippen LogP contribution in [0.2, 0.25) is 0 Å². The monoisotopic (exact) mass is 289 g/mol. The van der Waals surface area contributed by atoms with Gasteiger partial charge in [0.15, 0.2) is 0 Å². The van der Waals surface area contributed by atoms with Crippen molar-refractivity contribution in [1.82, 2.24) is 4.90 Å². The summed E-state index contributed by atoms with van der Waals surface area (Å²) >= 11 is 0. The van der Waals surface area contributed by atoms with Gasteiger partial charge in [-0.05, 0) is 46.1 Å². The second-order valence-corrected chi connectivity index (χ2v) is 7.08. The molecule has 1 fully saturated rings. The number of nitrogens with zero attached hydrogens (tertiary/aromatic N) is 1. The molecule has 2 rings (SSSR count). The molecule has 116 valence electrons. The molecule has 0 N–H and O–H groups in total. The van der Waals surface area contributed by atoms with Gasteiger partial charge in [0.1, 0.15) is 5.60 Å². The molecule has 1 atom stereocenters. The van der Waals surface area contributed by atoms with E-state index < -0.39 is 5.60 Å². The minimum Gasteiger partial charge on any atom is -0.444 e. The molecule has 0 aromatic heterocycles. The summed E-state index contributed by atoms with van der Waals surface area (Å²) < 4.78 is 5.64. The molecular weight excluding hydrogens is 262 g/mol. The van der Waals surface area contributed by atoms with Crippen molar-refractivity contribution < 1.29 is 9.53 Å². The van der Waals surface area contributed by atoms with Crippen molar-refractivity contribution >= 4 is 6.09 Å². The van der Waals surface area contributed by atoms with Gasteiger partial charge in [0.05, 0.1) is 5.54 Å². The molecule has 3 heteroatoms. The molecule has 0 spiro atoms. The van der Waals surface area contributed by atoms with Crippen LogP contribution in [0.1, 0.15) is 58.9 Å². The summed E-state index contributed by atoms with van der Waals surface area (Å²) in [7, 11) is 0. The number of likely N-dealkylation sites (tertiary alicyclic amines) is 1. The van der Waals surface area contributed by atoms with E-state index >= 15 is 0 Å². The molecule has 1 aromatic carbocycles. The third kappa shape index (κ3) is 3.78. The first kappa shape index (κ1) is 15.9. The van der Waals surface area contributed by atoms with Crippen molar-refractivity contribution in [2.75, 3.05) is 6.54 Å². The van der Waals surface area contributed by atoms with E-state index in [-0.39, 0.29) is 11.6 Å². The maximum Gasteiger partial charge on any atom is 0.411 e. The van der Waals surface area contributed by atoms with Crippen molar-refractivity contribution in [3.05, 3.63) is 35.9 Å². The van der Waals surface area contributed by atoms with E-state index in [1.165, 1.54) is 12.0 Å². The Balaban J connectivity index is 2.32. The Morgan fingerprint density at radius 1 is 1.14 bits per heavy atom. The molecule has 1 amide bonds. The molecule has 21 heavy (non-hydrogen) atoms. The number of benzene rings is 1. The lowest BCUT2D eigenvalue weighted by Gasteiger charge is -2.41. The molecule has 1 aliphatic rings. The highest BCUT2D eigenvalue weighted by Gasteiger charge is 2.39. The Morgan fingerprint density at radius 2 is 1.81 bits per heavy atom. The minimum atomic E-state index is -0.457. The third-order valence-corrected chi connectivity index (χ3v) is 4.15. The van der Waals surface area contributed by atoms with E-state index in [0.717, 1.165) is 25.8 Å². The van der Waals surface area contributed by atoms with Gasteiger partial charge in [-0.1, -0.05) is 43.2 Å². The van der Waals surface area contributed by atoms with Crippen LogP contribution in [0.5, 0.6) is 0 Å². The number of hydrogen-bond donors (Lipinski definition) is 0. The van der Waals surface area contributed by atoms with Crippen molar-refractivity contribution in [3.63, 3.8) is 0 Å². The Kier molecular flexibility index (Phi) is 4.60. The summed E-state index contributed by atoms with van der Waals surface area (Å²) in [5.74, 6) is 0. The van der Waals surface area contributed by atoms with Crippen LogP contribution in [0.3, 0.4) is 0 Å². The summed E-state index contributed by atoms with van der Waals surface area (Å²) in [5.41, 5.74) is 0.457. The number of carbonyl (C=O) groups excluding carboxylic acids is 1. The number of amides is 1. The average Bonchev–Trinajstić information content (AvgIpc) is 2.61. The third-order valence-electron chi connectivity index (χ3n) is 4.15. The fourth-order valence-corrected chi connectivity index (χ4v) is 3.00. The maximum atomic E-state index is 12.7.